The number of hydrogen-bond acceptors (Lipinski definition) is 3. The van der Waals surface area contributed by atoms with Crippen LogP contribution in [0.15, 0.2) is 18.3 Å². The van der Waals surface area contributed by atoms with Gasteiger partial charge >= 0.3 is 0 Å². The van der Waals surface area contributed by atoms with Crippen molar-refractivity contribution in [3.05, 3.63) is 29.8 Å². The molecule has 1 fully saturated rings. The SMILES string of the molecule is O=C(c1ccc(F)cn1)N1CCC(CO)CC1. The van der Waals surface area contributed by atoms with Crippen molar-refractivity contribution in [2.24, 2.45) is 5.92 Å². The van der Waals surface area contributed by atoms with E-state index >= 15 is 0 Å². The lowest BCUT2D eigenvalue weighted by Gasteiger charge is -2.30. The van der Waals surface area contributed by atoms with Gasteiger partial charge in [-0.15, -0.1) is 0 Å². The fraction of sp³-hybridized carbons (Fsp3) is 0.500. The minimum Gasteiger partial charge on any atom is -0.396 e. The van der Waals surface area contributed by atoms with E-state index < -0.39 is 5.82 Å². The Morgan fingerprint density at radius 3 is 2.71 bits per heavy atom. The van der Waals surface area contributed by atoms with Gasteiger partial charge in [-0.25, -0.2) is 9.37 Å². The number of likely N-dealkylation sites (tertiary alicyclic amines) is 1. The molecule has 0 atom stereocenters. The summed E-state index contributed by atoms with van der Waals surface area (Å²) in [4.78, 5) is 17.5. The molecule has 1 aliphatic heterocycles. The second-order valence-corrected chi connectivity index (χ2v) is 4.28. The van der Waals surface area contributed by atoms with Crippen LogP contribution >= 0.6 is 0 Å². The van der Waals surface area contributed by atoms with Crippen LogP contribution in [0, 0.1) is 11.7 Å². The first kappa shape index (κ1) is 12.0. The van der Waals surface area contributed by atoms with E-state index in [4.69, 9.17) is 5.11 Å². The second kappa shape index (κ2) is 5.23. The molecular weight excluding hydrogens is 223 g/mol. The first-order valence-corrected chi connectivity index (χ1v) is 5.72. The molecule has 1 amide bonds. The zero-order chi connectivity index (χ0) is 12.3. The van der Waals surface area contributed by atoms with Crippen LogP contribution in [0.25, 0.3) is 0 Å². The van der Waals surface area contributed by atoms with Crippen molar-refractivity contribution in [1.82, 2.24) is 9.88 Å². The van der Waals surface area contributed by atoms with Gasteiger partial charge in [-0.1, -0.05) is 0 Å². The molecule has 0 aliphatic carbocycles. The molecular formula is C12H15FN2O2. The third kappa shape index (κ3) is 2.79. The molecule has 1 aromatic rings. The highest BCUT2D eigenvalue weighted by molar-refractivity contribution is 5.92. The van der Waals surface area contributed by atoms with Crippen LogP contribution in [-0.4, -0.2) is 40.6 Å². The highest BCUT2D eigenvalue weighted by atomic mass is 19.1. The molecule has 1 aliphatic rings. The van der Waals surface area contributed by atoms with E-state index in [1.165, 1.54) is 12.1 Å². The Hall–Kier alpha value is -1.49. The van der Waals surface area contributed by atoms with Gasteiger partial charge in [-0.05, 0) is 30.9 Å². The number of aromatic nitrogens is 1. The average molecular weight is 238 g/mol. The van der Waals surface area contributed by atoms with E-state index in [-0.39, 0.29) is 18.2 Å². The van der Waals surface area contributed by atoms with Crippen LogP contribution < -0.4 is 0 Å². The first-order chi connectivity index (χ1) is 8.20. The fourth-order valence-corrected chi connectivity index (χ4v) is 1.98. The molecule has 1 N–H and O–H groups in total. The van der Waals surface area contributed by atoms with Crippen molar-refractivity contribution in [2.45, 2.75) is 12.8 Å². The fourth-order valence-electron chi connectivity index (χ4n) is 1.98. The predicted octanol–water partition coefficient (Wildman–Crippen LogP) is 1.07. The van der Waals surface area contributed by atoms with Crippen LogP contribution in [0.4, 0.5) is 4.39 Å². The van der Waals surface area contributed by atoms with Crippen LogP contribution in [0.3, 0.4) is 0 Å². The minimum atomic E-state index is -0.444. The summed E-state index contributed by atoms with van der Waals surface area (Å²) >= 11 is 0. The van der Waals surface area contributed by atoms with Gasteiger partial charge < -0.3 is 10.0 Å². The molecule has 0 aromatic carbocycles. The molecule has 1 saturated heterocycles. The van der Waals surface area contributed by atoms with Crippen molar-refractivity contribution in [3.8, 4) is 0 Å². The number of aliphatic hydroxyl groups excluding tert-OH is 1. The zero-order valence-electron chi connectivity index (χ0n) is 9.47. The van der Waals surface area contributed by atoms with Crippen LogP contribution in [0.1, 0.15) is 23.3 Å². The van der Waals surface area contributed by atoms with E-state index in [1.54, 1.807) is 4.90 Å². The van der Waals surface area contributed by atoms with Gasteiger partial charge in [0.15, 0.2) is 0 Å². The molecule has 5 heteroatoms. The third-order valence-corrected chi connectivity index (χ3v) is 3.11. The summed E-state index contributed by atoms with van der Waals surface area (Å²) in [6.07, 6.45) is 2.67. The van der Waals surface area contributed by atoms with Gasteiger partial charge in [0.05, 0.1) is 6.20 Å². The minimum absolute atomic E-state index is 0.165. The Kier molecular flexibility index (Phi) is 3.68. The summed E-state index contributed by atoms with van der Waals surface area (Å²) in [5.74, 6) is -0.317. The first-order valence-electron chi connectivity index (χ1n) is 5.72. The predicted molar refractivity (Wildman–Crippen MR) is 59.9 cm³/mol. The summed E-state index contributed by atoms with van der Waals surface area (Å²) in [5.41, 5.74) is 0.272. The van der Waals surface area contributed by atoms with E-state index in [9.17, 15) is 9.18 Å². The number of carbonyl (C=O) groups is 1. The standard InChI is InChI=1S/C12H15FN2O2/c13-10-1-2-11(14-7-10)12(17)15-5-3-9(8-16)4-6-15/h1-2,7,9,16H,3-6,8H2. The number of hydrogen-bond donors (Lipinski definition) is 1. The Balaban J connectivity index is 1.99. The number of pyridine rings is 1. The molecule has 0 bridgehead atoms. The molecule has 2 rings (SSSR count). The van der Waals surface area contributed by atoms with Crippen molar-refractivity contribution in [2.75, 3.05) is 19.7 Å². The summed E-state index contributed by atoms with van der Waals surface area (Å²) in [7, 11) is 0. The van der Waals surface area contributed by atoms with E-state index in [0.29, 0.717) is 19.0 Å². The van der Waals surface area contributed by atoms with Crippen LogP contribution in [0.5, 0.6) is 0 Å². The van der Waals surface area contributed by atoms with Gasteiger partial charge in [0.1, 0.15) is 11.5 Å². The lowest BCUT2D eigenvalue weighted by Crippen LogP contribution is -2.39. The molecule has 0 unspecified atom stereocenters. The number of nitrogens with zero attached hydrogens (tertiary/aromatic N) is 2. The van der Waals surface area contributed by atoms with Crippen molar-refractivity contribution in [1.29, 1.82) is 0 Å². The largest absolute Gasteiger partial charge is 0.396 e. The van der Waals surface area contributed by atoms with E-state index in [2.05, 4.69) is 4.98 Å². The highest BCUT2D eigenvalue weighted by Gasteiger charge is 2.23. The molecule has 2 heterocycles. The molecule has 0 saturated carbocycles. The molecule has 1 aromatic heterocycles. The number of amides is 1. The Morgan fingerprint density at radius 2 is 2.18 bits per heavy atom. The Labute approximate surface area is 99.1 Å². The molecule has 92 valence electrons. The van der Waals surface area contributed by atoms with Crippen molar-refractivity contribution in [3.63, 3.8) is 0 Å². The maximum Gasteiger partial charge on any atom is 0.272 e. The number of halogens is 1. The monoisotopic (exact) mass is 238 g/mol. The maximum atomic E-state index is 12.7. The van der Waals surface area contributed by atoms with Gasteiger partial charge in [0, 0.05) is 19.7 Å². The topological polar surface area (TPSA) is 53.4 Å². The van der Waals surface area contributed by atoms with E-state index in [0.717, 1.165) is 19.0 Å². The lowest BCUT2D eigenvalue weighted by molar-refractivity contribution is 0.0645. The van der Waals surface area contributed by atoms with Crippen LogP contribution in [-0.2, 0) is 0 Å². The lowest BCUT2D eigenvalue weighted by atomic mass is 9.98. The summed E-state index contributed by atoms with van der Waals surface area (Å²) in [6.45, 7) is 1.43. The number of rotatable bonds is 2. The average Bonchev–Trinajstić information content (AvgIpc) is 2.39. The molecule has 17 heavy (non-hydrogen) atoms. The van der Waals surface area contributed by atoms with Gasteiger partial charge in [0.2, 0.25) is 0 Å². The summed E-state index contributed by atoms with van der Waals surface area (Å²) in [6, 6.07) is 2.64. The van der Waals surface area contributed by atoms with E-state index in [1.807, 2.05) is 0 Å². The van der Waals surface area contributed by atoms with Gasteiger partial charge in [0.25, 0.3) is 5.91 Å². The van der Waals surface area contributed by atoms with Crippen molar-refractivity contribution >= 4 is 5.91 Å². The molecule has 4 nitrogen and oxygen atoms in total. The highest BCUT2D eigenvalue weighted by Crippen LogP contribution is 2.17. The Bertz CT molecular complexity index is 386. The summed E-state index contributed by atoms with van der Waals surface area (Å²) in [5, 5.41) is 9.01. The van der Waals surface area contributed by atoms with Crippen LogP contribution in [0.2, 0.25) is 0 Å². The third-order valence-electron chi connectivity index (χ3n) is 3.11. The van der Waals surface area contributed by atoms with Gasteiger partial charge in [-0.3, -0.25) is 4.79 Å². The second-order valence-electron chi connectivity index (χ2n) is 4.28. The maximum absolute atomic E-state index is 12.7. The number of carbonyl (C=O) groups excluding carboxylic acids is 1. The Morgan fingerprint density at radius 1 is 1.47 bits per heavy atom. The number of aliphatic hydroxyl groups is 1. The number of piperidine rings is 1. The van der Waals surface area contributed by atoms with Crippen molar-refractivity contribution < 1.29 is 14.3 Å². The van der Waals surface area contributed by atoms with Gasteiger partial charge in [-0.2, -0.15) is 0 Å². The zero-order valence-corrected chi connectivity index (χ0v) is 9.47. The normalized spacial score (nSPS) is 17.2. The quantitative estimate of drug-likeness (QED) is 0.838. The molecule has 0 spiro atoms. The molecule has 0 radical (unpaired) electrons. The summed E-state index contributed by atoms with van der Waals surface area (Å²) < 4.78 is 12.7. The smallest absolute Gasteiger partial charge is 0.272 e.